The number of hydrogen-bond acceptors (Lipinski definition) is 4. The van der Waals surface area contributed by atoms with Crippen LogP contribution in [0.5, 0.6) is 0 Å². The van der Waals surface area contributed by atoms with Crippen LogP contribution >= 0.6 is 0 Å². The highest BCUT2D eigenvalue weighted by Gasteiger charge is 2.33. The molecule has 1 aliphatic heterocycles. The van der Waals surface area contributed by atoms with Crippen LogP contribution in [0.2, 0.25) is 0 Å². The minimum absolute atomic E-state index is 0.0926. The Morgan fingerprint density at radius 2 is 1.65 bits per heavy atom. The van der Waals surface area contributed by atoms with Gasteiger partial charge in [-0.1, -0.05) is 42.8 Å². The summed E-state index contributed by atoms with van der Waals surface area (Å²) in [7, 11) is -3.62. The van der Waals surface area contributed by atoms with Gasteiger partial charge in [-0.15, -0.1) is 0 Å². The fourth-order valence-electron chi connectivity index (χ4n) is 3.64. The number of carbonyl (C=O) groups is 2. The van der Waals surface area contributed by atoms with Gasteiger partial charge in [0, 0.05) is 31.2 Å². The molecule has 2 aromatic rings. The van der Waals surface area contributed by atoms with E-state index in [1.54, 1.807) is 42.5 Å². The van der Waals surface area contributed by atoms with Crippen molar-refractivity contribution in [2.24, 2.45) is 0 Å². The minimum atomic E-state index is -3.62. The molecule has 7 nitrogen and oxygen atoms in total. The number of benzene rings is 2. The third-order valence-corrected chi connectivity index (χ3v) is 7.26. The van der Waals surface area contributed by atoms with Gasteiger partial charge in [0.25, 0.3) is 0 Å². The first kappa shape index (κ1) is 22.9. The summed E-state index contributed by atoms with van der Waals surface area (Å²) < 4.78 is 41.1. The van der Waals surface area contributed by atoms with Gasteiger partial charge in [-0.2, -0.15) is 4.31 Å². The first-order chi connectivity index (χ1) is 14.9. The Morgan fingerprint density at radius 1 is 0.968 bits per heavy atom. The Kier molecular flexibility index (Phi) is 7.75. The molecule has 9 heteroatoms. The number of halogens is 1. The standard InChI is InChI=1S/C22H26FN3O4S/c23-20-12-5-4-8-17(20)16-25-22(28)21(27)24-14-13-18-9-6-7-15-26(18)31(29,30)19-10-2-1-3-11-19/h1-5,8,10-12,18H,6-7,9,13-16H2,(H,24,27)(H,25,28)/t18-/m0/s1. The Hall–Kier alpha value is -2.78. The molecule has 31 heavy (non-hydrogen) atoms. The summed E-state index contributed by atoms with van der Waals surface area (Å²) in [6.07, 6.45) is 2.79. The van der Waals surface area contributed by atoms with Gasteiger partial charge in [0.1, 0.15) is 5.82 Å². The van der Waals surface area contributed by atoms with Crippen LogP contribution < -0.4 is 10.6 Å². The van der Waals surface area contributed by atoms with Crippen molar-refractivity contribution in [3.05, 3.63) is 66.0 Å². The molecular formula is C22H26FN3O4S. The van der Waals surface area contributed by atoms with E-state index < -0.39 is 27.7 Å². The van der Waals surface area contributed by atoms with Crippen LogP contribution in [0, 0.1) is 5.82 Å². The number of nitrogens with one attached hydrogen (secondary N) is 2. The summed E-state index contributed by atoms with van der Waals surface area (Å²) in [6, 6.07) is 14.0. The van der Waals surface area contributed by atoms with Gasteiger partial charge in [0.05, 0.1) is 4.90 Å². The topological polar surface area (TPSA) is 95.6 Å². The first-order valence-corrected chi connectivity index (χ1v) is 11.7. The Bertz CT molecular complexity index is 1010. The van der Waals surface area contributed by atoms with Gasteiger partial charge in [-0.25, -0.2) is 12.8 Å². The highest BCUT2D eigenvalue weighted by molar-refractivity contribution is 7.89. The van der Waals surface area contributed by atoms with Gasteiger partial charge >= 0.3 is 11.8 Å². The zero-order valence-corrected chi connectivity index (χ0v) is 17.9. The van der Waals surface area contributed by atoms with Crippen LogP contribution in [0.1, 0.15) is 31.2 Å². The molecule has 0 spiro atoms. The average molecular weight is 448 g/mol. The second-order valence-electron chi connectivity index (χ2n) is 7.40. The summed E-state index contributed by atoms with van der Waals surface area (Å²) in [5, 5.41) is 4.91. The number of sulfonamides is 1. The maximum atomic E-state index is 13.6. The van der Waals surface area contributed by atoms with Crippen LogP contribution in [0.4, 0.5) is 4.39 Å². The lowest BCUT2D eigenvalue weighted by atomic mass is 10.0. The van der Waals surface area contributed by atoms with E-state index in [0.29, 0.717) is 19.4 Å². The SMILES string of the molecule is O=C(NCC[C@@H]1CCCCN1S(=O)(=O)c1ccccc1)C(=O)NCc1ccccc1F. The fourth-order valence-corrected chi connectivity index (χ4v) is 5.38. The summed E-state index contributed by atoms with van der Waals surface area (Å²) >= 11 is 0. The zero-order valence-electron chi connectivity index (χ0n) is 17.1. The lowest BCUT2D eigenvalue weighted by Crippen LogP contribution is -2.46. The molecule has 166 valence electrons. The van der Waals surface area contributed by atoms with Crippen molar-refractivity contribution < 1.29 is 22.4 Å². The molecule has 0 bridgehead atoms. The normalized spacial score (nSPS) is 17.1. The molecule has 0 unspecified atom stereocenters. The van der Waals surface area contributed by atoms with Crippen molar-refractivity contribution in [3.8, 4) is 0 Å². The number of amides is 2. The summed E-state index contributed by atoms with van der Waals surface area (Å²) in [5.74, 6) is -2.15. The molecule has 2 aromatic carbocycles. The van der Waals surface area contributed by atoms with Crippen molar-refractivity contribution in [2.45, 2.75) is 43.2 Å². The van der Waals surface area contributed by atoms with E-state index in [-0.39, 0.29) is 29.6 Å². The molecule has 1 atom stereocenters. The third kappa shape index (κ3) is 5.89. The van der Waals surface area contributed by atoms with Crippen LogP contribution in [-0.2, 0) is 26.2 Å². The van der Waals surface area contributed by atoms with Crippen LogP contribution in [0.25, 0.3) is 0 Å². The molecule has 3 rings (SSSR count). The molecule has 1 heterocycles. The lowest BCUT2D eigenvalue weighted by Gasteiger charge is -2.34. The summed E-state index contributed by atoms with van der Waals surface area (Å²) in [5.41, 5.74) is 0.285. The van der Waals surface area contributed by atoms with Crippen molar-refractivity contribution in [1.29, 1.82) is 0 Å². The first-order valence-electron chi connectivity index (χ1n) is 10.3. The summed E-state index contributed by atoms with van der Waals surface area (Å²) in [6.45, 7) is 0.501. The van der Waals surface area contributed by atoms with Crippen LogP contribution in [-0.4, -0.2) is 43.7 Å². The Morgan fingerprint density at radius 3 is 2.39 bits per heavy atom. The van der Waals surface area contributed by atoms with Gasteiger partial charge in [-0.05, 0) is 37.5 Å². The van der Waals surface area contributed by atoms with E-state index in [0.717, 1.165) is 12.8 Å². The molecule has 0 aromatic heterocycles. The third-order valence-electron chi connectivity index (χ3n) is 5.29. The zero-order chi connectivity index (χ0) is 22.3. The lowest BCUT2D eigenvalue weighted by molar-refractivity contribution is -0.139. The average Bonchev–Trinajstić information content (AvgIpc) is 2.79. The van der Waals surface area contributed by atoms with E-state index in [2.05, 4.69) is 10.6 Å². The van der Waals surface area contributed by atoms with E-state index in [9.17, 15) is 22.4 Å². The van der Waals surface area contributed by atoms with Gasteiger partial charge in [0.15, 0.2) is 0 Å². The maximum absolute atomic E-state index is 13.6. The fraction of sp³-hybridized carbons (Fsp3) is 0.364. The predicted octanol–water partition coefficient (Wildman–Crippen LogP) is 2.19. The molecule has 1 aliphatic rings. The monoisotopic (exact) mass is 447 g/mol. The Labute approximate surface area is 181 Å². The molecule has 2 N–H and O–H groups in total. The molecule has 2 amide bonds. The predicted molar refractivity (Wildman–Crippen MR) is 114 cm³/mol. The van der Waals surface area contributed by atoms with Gasteiger partial charge < -0.3 is 10.6 Å². The van der Waals surface area contributed by atoms with E-state index >= 15 is 0 Å². The van der Waals surface area contributed by atoms with Crippen LogP contribution in [0.15, 0.2) is 59.5 Å². The summed E-state index contributed by atoms with van der Waals surface area (Å²) in [4.78, 5) is 24.3. The van der Waals surface area contributed by atoms with Crippen LogP contribution in [0.3, 0.4) is 0 Å². The van der Waals surface area contributed by atoms with Crippen molar-refractivity contribution >= 4 is 21.8 Å². The smallest absolute Gasteiger partial charge is 0.309 e. The molecule has 0 aliphatic carbocycles. The second-order valence-corrected chi connectivity index (χ2v) is 9.29. The molecule has 0 saturated carbocycles. The van der Waals surface area contributed by atoms with Gasteiger partial charge in [0.2, 0.25) is 10.0 Å². The molecule has 0 radical (unpaired) electrons. The van der Waals surface area contributed by atoms with E-state index in [4.69, 9.17) is 0 Å². The molecular weight excluding hydrogens is 421 g/mol. The number of piperidine rings is 1. The van der Waals surface area contributed by atoms with Gasteiger partial charge in [-0.3, -0.25) is 9.59 Å². The second kappa shape index (κ2) is 10.5. The highest BCUT2D eigenvalue weighted by atomic mass is 32.2. The molecule has 1 fully saturated rings. The van der Waals surface area contributed by atoms with Crippen molar-refractivity contribution in [3.63, 3.8) is 0 Å². The number of nitrogens with zero attached hydrogens (tertiary/aromatic N) is 1. The van der Waals surface area contributed by atoms with E-state index in [1.165, 1.54) is 16.4 Å². The number of rotatable bonds is 7. The van der Waals surface area contributed by atoms with E-state index in [1.807, 2.05) is 0 Å². The van der Waals surface area contributed by atoms with Crippen molar-refractivity contribution in [2.75, 3.05) is 13.1 Å². The number of carbonyl (C=O) groups excluding carboxylic acids is 2. The minimum Gasteiger partial charge on any atom is -0.348 e. The number of hydrogen-bond donors (Lipinski definition) is 2. The van der Waals surface area contributed by atoms with Crippen molar-refractivity contribution in [1.82, 2.24) is 14.9 Å². The highest BCUT2D eigenvalue weighted by Crippen LogP contribution is 2.26. The Balaban J connectivity index is 1.51. The quantitative estimate of drug-likeness (QED) is 0.636. The molecule has 1 saturated heterocycles. The maximum Gasteiger partial charge on any atom is 0.309 e. The largest absolute Gasteiger partial charge is 0.348 e.